The minimum atomic E-state index is -0.640. The topological polar surface area (TPSA) is 88.3 Å². The van der Waals surface area contributed by atoms with Crippen molar-refractivity contribution < 1.29 is 9.59 Å². The first-order valence-electron chi connectivity index (χ1n) is 9.40. The van der Waals surface area contributed by atoms with Gasteiger partial charge in [-0.05, 0) is 42.4 Å². The minimum absolute atomic E-state index is 0.0728. The number of piperidine rings is 1. The Kier molecular flexibility index (Phi) is 5.74. The van der Waals surface area contributed by atoms with Gasteiger partial charge in [0.2, 0.25) is 0 Å². The van der Waals surface area contributed by atoms with Crippen LogP contribution in [0, 0.1) is 5.92 Å². The zero-order valence-corrected chi connectivity index (χ0v) is 15.8. The van der Waals surface area contributed by atoms with Crippen LogP contribution in [-0.4, -0.2) is 28.2 Å². The van der Waals surface area contributed by atoms with Gasteiger partial charge in [0, 0.05) is 6.54 Å². The maximum atomic E-state index is 12.9. The molecule has 1 aliphatic rings. The number of amides is 2. The van der Waals surface area contributed by atoms with Gasteiger partial charge in [0.25, 0.3) is 0 Å². The molecule has 142 valence electrons. The predicted molar refractivity (Wildman–Crippen MR) is 106 cm³/mol. The molecule has 1 fully saturated rings. The van der Waals surface area contributed by atoms with Crippen LogP contribution >= 0.6 is 0 Å². The number of hydrogen-bond acceptors (Lipinski definition) is 4. The Bertz CT molecular complexity index is 822. The molecule has 1 aliphatic heterocycles. The van der Waals surface area contributed by atoms with Crippen LogP contribution in [0.1, 0.15) is 43.9 Å². The smallest absolute Gasteiger partial charge is 0.313 e. The van der Waals surface area contributed by atoms with Crippen molar-refractivity contribution in [3.05, 3.63) is 53.7 Å². The molecular weight excluding hydrogens is 340 g/mol. The molecule has 0 unspecified atom stereocenters. The number of aromatic nitrogens is 1. The van der Waals surface area contributed by atoms with Gasteiger partial charge in [-0.3, -0.25) is 9.59 Å². The number of nitrogen functional groups attached to an aromatic ring is 1. The van der Waals surface area contributed by atoms with Gasteiger partial charge >= 0.3 is 11.8 Å². The van der Waals surface area contributed by atoms with Crippen LogP contribution in [0.25, 0.3) is 0 Å². The summed E-state index contributed by atoms with van der Waals surface area (Å²) in [6, 6.07) is 11.6. The summed E-state index contributed by atoms with van der Waals surface area (Å²) in [5, 5.41) is 2.68. The van der Waals surface area contributed by atoms with Crippen molar-refractivity contribution in [1.29, 1.82) is 0 Å². The number of aryl methyl sites for hydroxylation is 1. The van der Waals surface area contributed by atoms with E-state index in [4.69, 9.17) is 5.73 Å². The van der Waals surface area contributed by atoms with Gasteiger partial charge in [-0.1, -0.05) is 44.2 Å². The lowest BCUT2D eigenvalue weighted by Gasteiger charge is -2.38. The molecule has 2 aromatic rings. The van der Waals surface area contributed by atoms with Gasteiger partial charge in [0.05, 0.1) is 17.9 Å². The molecule has 0 aliphatic carbocycles. The van der Waals surface area contributed by atoms with Crippen molar-refractivity contribution in [2.24, 2.45) is 5.92 Å². The zero-order chi connectivity index (χ0) is 19.4. The molecule has 1 saturated heterocycles. The van der Waals surface area contributed by atoms with Crippen molar-refractivity contribution in [2.75, 3.05) is 17.6 Å². The van der Waals surface area contributed by atoms with Crippen LogP contribution in [0.15, 0.2) is 42.6 Å². The molecule has 6 heteroatoms. The van der Waals surface area contributed by atoms with E-state index in [1.807, 2.05) is 37.3 Å². The Morgan fingerprint density at radius 1 is 1.26 bits per heavy atom. The first-order valence-corrected chi connectivity index (χ1v) is 9.40. The van der Waals surface area contributed by atoms with Crippen LogP contribution in [-0.2, 0) is 16.0 Å². The van der Waals surface area contributed by atoms with E-state index in [1.165, 1.54) is 6.20 Å². The summed E-state index contributed by atoms with van der Waals surface area (Å²) >= 11 is 0. The molecule has 2 amide bonds. The van der Waals surface area contributed by atoms with Crippen molar-refractivity contribution >= 4 is 23.3 Å². The maximum absolute atomic E-state index is 12.9. The first-order chi connectivity index (χ1) is 13.0. The number of benzene rings is 1. The summed E-state index contributed by atoms with van der Waals surface area (Å²) in [6.07, 6.45) is 4.07. The van der Waals surface area contributed by atoms with Crippen molar-refractivity contribution in [2.45, 2.75) is 39.2 Å². The highest BCUT2D eigenvalue weighted by molar-refractivity contribution is 6.39. The molecule has 3 N–H and O–H groups in total. The summed E-state index contributed by atoms with van der Waals surface area (Å²) in [6.45, 7) is 4.65. The second-order valence-corrected chi connectivity index (χ2v) is 7.14. The SMILES string of the molecule is CCc1cc(NC(=O)C(=O)N2C[C@@H](C)CC[C@@H]2c2ccccc2)cnc1N. The summed E-state index contributed by atoms with van der Waals surface area (Å²) < 4.78 is 0. The fourth-order valence-electron chi connectivity index (χ4n) is 3.59. The number of nitrogens with zero attached hydrogens (tertiary/aromatic N) is 2. The molecule has 2 heterocycles. The molecule has 0 radical (unpaired) electrons. The van der Waals surface area contributed by atoms with Gasteiger partial charge in [-0.15, -0.1) is 0 Å². The summed E-state index contributed by atoms with van der Waals surface area (Å²) in [5.41, 5.74) is 8.20. The Morgan fingerprint density at radius 2 is 2.00 bits per heavy atom. The van der Waals surface area contributed by atoms with Crippen molar-refractivity contribution in [3.8, 4) is 0 Å². The lowest BCUT2D eigenvalue weighted by molar-refractivity contribution is -0.146. The Labute approximate surface area is 159 Å². The van der Waals surface area contributed by atoms with Crippen LogP contribution in [0.3, 0.4) is 0 Å². The van der Waals surface area contributed by atoms with E-state index in [9.17, 15) is 9.59 Å². The molecule has 3 rings (SSSR count). The van der Waals surface area contributed by atoms with Crippen molar-refractivity contribution in [3.63, 3.8) is 0 Å². The number of anilines is 2. The number of nitrogens with two attached hydrogens (primary N) is 1. The third-order valence-corrected chi connectivity index (χ3v) is 5.10. The summed E-state index contributed by atoms with van der Waals surface area (Å²) in [7, 11) is 0. The third kappa shape index (κ3) is 4.27. The number of carbonyl (C=O) groups excluding carboxylic acids is 2. The van der Waals surface area contributed by atoms with Gasteiger partial charge in [-0.2, -0.15) is 0 Å². The molecular formula is C21H26N4O2. The predicted octanol–water partition coefficient (Wildman–Crippen LogP) is 3.16. The summed E-state index contributed by atoms with van der Waals surface area (Å²) in [5.74, 6) is -0.341. The molecule has 6 nitrogen and oxygen atoms in total. The van der Waals surface area contributed by atoms with E-state index in [2.05, 4.69) is 17.2 Å². The van der Waals surface area contributed by atoms with E-state index in [0.29, 0.717) is 30.4 Å². The van der Waals surface area contributed by atoms with Gasteiger partial charge in [0.15, 0.2) is 0 Å². The number of likely N-dealkylation sites (tertiary alicyclic amines) is 1. The second kappa shape index (κ2) is 8.20. The van der Waals surface area contributed by atoms with E-state index >= 15 is 0 Å². The average Bonchev–Trinajstić information content (AvgIpc) is 2.69. The fraction of sp³-hybridized carbons (Fsp3) is 0.381. The van der Waals surface area contributed by atoms with Crippen LogP contribution in [0.4, 0.5) is 11.5 Å². The van der Waals surface area contributed by atoms with Crippen LogP contribution in [0.2, 0.25) is 0 Å². The monoisotopic (exact) mass is 366 g/mol. The number of rotatable bonds is 3. The number of carbonyl (C=O) groups is 2. The van der Waals surface area contributed by atoms with Gasteiger partial charge < -0.3 is 16.0 Å². The normalized spacial score (nSPS) is 19.6. The number of hydrogen-bond donors (Lipinski definition) is 2. The number of nitrogens with one attached hydrogen (secondary N) is 1. The molecule has 27 heavy (non-hydrogen) atoms. The Morgan fingerprint density at radius 3 is 2.70 bits per heavy atom. The first kappa shape index (κ1) is 18.9. The highest BCUT2D eigenvalue weighted by atomic mass is 16.2. The van der Waals surface area contributed by atoms with Crippen LogP contribution < -0.4 is 11.1 Å². The van der Waals surface area contributed by atoms with Crippen molar-refractivity contribution in [1.82, 2.24) is 9.88 Å². The lowest BCUT2D eigenvalue weighted by atomic mass is 9.90. The van der Waals surface area contributed by atoms with E-state index in [0.717, 1.165) is 24.0 Å². The molecule has 1 aromatic heterocycles. The summed E-state index contributed by atoms with van der Waals surface area (Å²) in [4.78, 5) is 31.3. The Balaban J connectivity index is 1.78. The van der Waals surface area contributed by atoms with Gasteiger partial charge in [0.1, 0.15) is 5.82 Å². The molecule has 0 saturated carbocycles. The number of pyridine rings is 1. The Hall–Kier alpha value is -2.89. The second-order valence-electron chi connectivity index (χ2n) is 7.14. The van der Waals surface area contributed by atoms with E-state index < -0.39 is 11.8 Å². The van der Waals surface area contributed by atoms with Crippen LogP contribution in [0.5, 0.6) is 0 Å². The van der Waals surface area contributed by atoms with E-state index in [-0.39, 0.29) is 6.04 Å². The molecule has 0 spiro atoms. The minimum Gasteiger partial charge on any atom is -0.383 e. The molecule has 0 bridgehead atoms. The fourth-order valence-corrected chi connectivity index (χ4v) is 3.59. The zero-order valence-electron chi connectivity index (χ0n) is 15.8. The molecule has 2 atom stereocenters. The van der Waals surface area contributed by atoms with Gasteiger partial charge in [-0.25, -0.2) is 4.98 Å². The largest absolute Gasteiger partial charge is 0.383 e. The van der Waals surface area contributed by atoms with E-state index in [1.54, 1.807) is 11.0 Å². The lowest BCUT2D eigenvalue weighted by Crippen LogP contribution is -2.46. The third-order valence-electron chi connectivity index (χ3n) is 5.10. The highest BCUT2D eigenvalue weighted by Crippen LogP contribution is 2.33. The molecule has 1 aromatic carbocycles. The standard InChI is InChI=1S/C21H26N4O2/c1-3-15-11-17(12-23-19(15)22)24-20(26)21(27)25-13-14(2)9-10-18(25)16-7-5-4-6-8-16/h4-8,11-12,14,18H,3,9-10,13H2,1-2H3,(H2,22,23)(H,24,26)/t14-,18+/m0/s1. The highest BCUT2D eigenvalue weighted by Gasteiger charge is 2.34. The quantitative estimate of drug-likeness (QED) is 0.817. The maximum Gasteiger partial charge on any atom is 0.313 e. The average molecular weight is 366 g/mol.